The second-order valence-corrected chi connectivity index (χ2v) is 5.47. The average molecular weight is 277 g/mol. The molecule has 0 spiro atoms. The number of hydrogen-bond acceptors (Lipinski definition) is 4. The Labute approximate surface area is 109 Å². The van der Waals surface area contributed by atoms with Crippen LogP contribution in [0.2, 0.25) is 0 Å². The summed E-state index contributed by atoms with van der Waals surface area (Å²) in [4.78, 5) is 4.03. The topological polar surface area (TPSA) is 64.9 Å². The Kier molecular flexibility index (Phi) is 3.85. The summed E-state index contributed by atoms with van der Waals surface area (Å²) in [6, 6.07) is 0. The van der Waals surface area contributed by atoms with Crippen LogP contribution in [0.5, 0.6) is 0 Å². The molecule has 0 radical (unpaired) electrons. The van der Waals surface area contributed by atoms with Crippen molar-refractivity contribution < 1.29 is 17.7 Å². The van der Waals surface area contributed by atoms with Gasteiger partial charge in [-0.05, 0) is 31.6 Å². The lowest BCUT2D eigenvalue weighted by atomic mass is 9.77. The SMILES string of the molecule is CC1CCC(N)(c2noc(CCC(F)(F)F)n2)CC1. The molecular formula is C12H18F3N3O. The molecule has 0 saturated heterocycles. The Hall–Kier alpha value is -1.11. The van der Waals surface area contributed by atoms with E-state index < -0.39 is 18.1 Å². The largest absolute Gasteiger partial charge is 0.389 e. The van der Waals surface area contributed by atoms with Gasteiger partial charge in [-0.15, -0.1) is 0 Å². The summed E-state index contributed by atoms with van der Waals surface area (Å²) in [5.41, 5.74) is 5.58. The zero-order valence-electron chi connectivity index (χ0n) is 10.8. The first-order valence-electron chi connectivity index (χ1n) is 6.47. The molecule has 1 aromatic heterocycles. The minimum atomic E-state index is -4.21. The molecule has 1 aromatic rings. The van der Waals surface area contributed by atoms with Gasteiger partial charge in [-0.3, -0.25) is 0 Å². The van der Waals surface area contributed by atoms with Gasteiger partial charge < -0.3 is 10.3 Å². The molecule has 19 heavy (non-hydrogen) atoms. The van der Waals surface area contributed by atoms with E-state index in [0.717, 1.165) is 25.7 Å². The average Bonchev–Trinajstić information content (AvgIpc) is 2.79. The number of aromatic nitrogens is 2. The van der Waals surface area contributed by atoms with Gasteiger partial charge in [0.1, 0.15) is 0 Å². The fraction of sp³-hybridized carbons (Fsp3) is 0.833. The van der Waals surface area contributed by atoms with E-state index >= 15 is 0 Å². The number of halogens is 3. The molecule has 2 N–H and O–H groups in total. The molecule has 2 rings (SSSR count). The lowest BCUT2D eigenvalue weighted by molar-refractivity contribution is -0.134. The van der Waals surface area contributed by atoms with Crippen molar-refractivity contribution in [3.63, 3.8) is 0 Å². The molecule has 7 heteroatoms. The molecule has 1 saturated carbocycles. The molecule has 1 aliphatic carbocycles. The highest BCUT2D eigenvalue weighted by atomic mass is 19.4. The summed E-state index contributed by atoms with van der Waals surface area (Å²) < 4.78 is 41.2. The van der Waals surface area contributed by atoms with E-state index in [-0.39, 0.29) is 12.3 Å². The van der Waals surface area contributed by atoms with E-state index in [1.807, 2.05) is 0 Å². The van der Waals surface area contributed by atoms with Crippen molar-refractivity contribution in [3.8, 4) is 0 Å². The van der Waals surface area contributed by atoms with Gasteiger partial charge in [0.2, 0.25) is 5.89 Å². The molecule has 1 fully saturated rings. The Bertz CT molecular complexity index is 422. The van der Waals surface area contributed by atoms with Crippen LogP contribution >= 0.6 is 0 Å². The molecule has 0 atom stereocenters. The summed E-state index contributed by atoms with van der Waals surface area (Å²) in [7, 11) is 0. The first kappa shape index (κ1) is 14.3. The number of alkyl halides is 3. The molecule has 0 unspecified atom stereocenters. The smallest absolute Gasteiger partial charge is 0.339 e. The van der Waals surface area contributed by atoms with Gasteiger partial charge in [0.05, 0.1) is 12.0 Å². The van der Waals surface area contributed by atoms with Crippen molar-refractivity contribution in [2.24, 2.45) is 11.7 Å². The third-order valence-corrected chi connectivity index (χ3v) is 3.70. The Morgan fingerprint density at radius 1 is 1.37 bits per heavy atom. The van der Waals surface area contributed by atoms with Crippen LogP contribution in [0, 0.1) is 5.92 Å². The van der Waals surface area contributed by atoms with Crippen LogP contribution in [0.4, 0.5) is 13.2 Å². The van der Waals surface area contributed by atoms with Gasteiger partial charge in [0.15, 0.2) is 5.82 Å². The molecule has 0 bridgehead atoms. The van der Waals surface area contributed by atoms with Crippen LogP contribution in [-0.2, 0) is 12.0 Å². The Morgan fingerprint density at radius 2 is 2.00 bits per heavy atom. The van der Waals surface area contributed by atoms with E-state index in [0.29, 0.717) is 11.7 Å². The molecule has 1 aliphatic rings. The van der Waals surface area contributed by atoms with Crippen molar-refractivity contribution in [2.75, 3.05) is 0 Å². The van der Waals surface area contributed by atoms with Crippen molar-refractivity contribution in [1.29, 1.82) is 0 Å². The van der Waals surface area contributed by atoms with Gasteiger partial charge in [-0.25, -0.2) is 0 Å². The number of nitrogens with two attached hydrogens (primary N) is 1. The van der Waals surface area contributed by atoms with Crippen LogP contribution in [0.15, 0.2) is 4.52 Å². The number of aryl methyl sites for hydroxylation is 1. The summed E-state index contributed by atoms with van der Waals surface area (Å²) in [6.45, 7) is 2.16. The van der Waals surface area contributed by atoms with Gasteiger partial charge in [0.25, 0.3) is 0 Å². The van der Waals surface area contributed by atoms with Crippen molar-refractivity contribution in [1.82, 2.24) is 10.1 Å². The molecule has 0 aromatic carbocycles. The van der Waals surface area contributed by atoms with Gasteiger partial charge in [0, 0.05) is 6.42 Å². The van der Waals surface area contributed by atoms with E-state index in [9.17, 15) is 13.2 Å². The van der Waals surface area contributed by atoms with Crippen LogP contribution in [0.3, 0.4) is 0 Å². The van der Waals surface area contributed by atoms with Crippen LogP contribution < -0.4 is 5.73 Å². The van der Waals surface area contributed by atoms with Gasteiger partial charge in [-0.1, -0.05) is 12.1 Å². The molecule has 1 heterocycles. The summed E-state index contributed by atoms with van der Waals surface area (Å²) in [5.74, 6) is 0.973. The minimum Gasteiger partial charge on any atom is -0.339 e. The molecule has 108 valence electrons. The van der Waals surface area contributed by atoms with Crippen molar-refractivity contribution >= 4 is 0 Å². The third-order valence-electron chi connectivity index (χ3n) is 3.70. The second-order valence-electron chi connectivity index (χ2n) is 5.47. The monoisotopic (exact) mass is 277 g/mol. The second kappa shape index (κ2) is 5.11. The molecule has 4 nitrogen and oxygen atoms in total. The highest BCUT2D eigenvalue weighted by Crippen LogP contribution is 2.36. The fourth-order valence-corrected chi connectivity index (χ4v) is 2.31. The number of rotatable bonds is 3. The summed E-state index contributed by atoms with van der Waals surface area (Å²) in [5, 5.41) is 3.76. The zero-order chi connectivity index (χ0) is 14.1. The summed E-state index contributed by atoms with van der Waals surface area (Å²) in [6.07, 6.45) is -2.02. The fourth-order valence-electron chi connectivity index (χ4n) is 2.31. The molecular weight excluding hydrogens is 259 g/mol. The quantitative estimate of drug-likeness (QED) is 0.922. The van der Waals surface area contributed by atoms with Gasteiger partial charge in [-0.2, -0.15) is 18.2 Å². The molecule has 0 amide bonds. The Balaban J connectivity index is 2.00. The normalized spacial score (nSPS) is 28.6. The van der Waals surface area contributed by atoms with E-state index in [1.54, 1.807) is 0 Å². The number of nitrogens with zero attached hydrogens (tertiary/aromatic N) is 2. The number of hydrogen-bond donors (Lipinski definition) is 1. The minimum absolute atomic E-state index is 0.00997. The first-order valence-corrected chi connectivity index (χ1v) is 6.47. The van der Waals surface area contributed by atoms with Crippen LogP contribution in [0.1, 0.15) is 50.7 Å². The third kappa shape index (κ3) is 3.68. The predicted octanol–water partition coefficient (Wildman–Crippen LogP) is 2.93. The molecule has 0 aliphatic heterocycles. The van der Waals surface area contributed by atoms with Crippen molar-refractivity contribution in [2.45, 2.75) is 57.2 Å². The highest BCUT2D eigenvalue weighted by molar-refractivity contribution is 5.06. The van der Waals surface area contributed by atoms with E-state index in [1.165, 1.54) is 0 Å². The highest BCUT2D eigenvalue weighted by Gasteiger charge is 2.36. The first-order chi connectivity index (χ1) is 8.78. The zero-order valence-corrected chi connectivity index (χ0v) is 10.8. The lowest BCUT2D eigenvalue weighted by Gasteiger charge is -2.33. The van der Waals surface area contributed by atoms with E-state index in [2.05, 4.69) is 17.1 Å². The summed E-state index contributed by atoms with van der Waals surface area (Å²) >= 11 is 0. The van der Waals surface area contributed by atoms with Gasteiger partial charge >= 0.3 is 6.18 Å². The predicted molar refractivity (Wildman–Crippen MR) is 62.2 cm³/mol. The lowest BCUT2D eigenvalue weighted by Crippen LogP contribution is -2.41. The van der Waals surface area contributed by atoms with Crippen LogP contribution in [0.25, 0.3) is 0 Å². The van der Waals surface area contributed by atoms with Crippen LogP contribution in [-0.4, -0.2) is 16.3 Å². The Morgan fingerprint density at radius 3 is 2.58 bits per heavy atom. The van der Waals surface area contributed by atoms with E-state index in [4.69, 9.17) is 10.3 Å². The maximum Gasteiger partial charge on any atom is 0.389 e. The van der Waals surface area contributed by atoms with Crippen molar-refractivity contribution in [3.05, 3.63) is 11.7 Å². The maximum absolute atomic E-state index is 12.1. The standard InChI is InChI=1S/C12H18F3N3O/c1-8-2-5-11(16,6-3-8)10-17-9(19-18-10)4-7-12(13,14)15/h8H,2-7,16H2,1H3. The maximum atomic E-state index is 12.1.